The Kier molecular flexibility index (Phi) is 4.13. The summed E-state index contributed by atoms with van der Waals surface area (Å²) in [7, 11) is 1.59. The summed E-state index contributed by atoms with van der Waals surface area (Å²) in [6, 6.07) is 5.72. The van der Waals surface area contributed by atoms with Crippen LogP contribution in [-0.2, 0) is 22.7 Å². The SMILES string of the molecule is COc1cc(CN2CC(=O)NC(=O)C2)ccc1CN. The third kappa shape index (κ3) is 3.30. The second kappa shape index (κ2) is 5.81. The molecule has 1 heterocycles. The molecule has 6 nitrogen and oxygen atoms in total. The standard InChI is InChI=1S/C13H17N3O3/c1-19-11-4-9(2-3-10(11)5-14)6-16-7-12(17)15-13(18)8-16/h2-4H,5-8,14H2,1H3,(H,15,17,18). The van der Waals surface area contributed by atoms with Crippen LogP contribution in [0.1, 0.15) is 11.1 Å². The van der Waals surface area contributed by atoms with Crippen molar-refractivity contribution in [2.45, 2.75) is 13.1 Å². The van der Waals surface area contributed by atoms with Crippen molar-refractivity contribution in [1.29, 1.82) is 0 Å². The zero-order valence-electron chi connectivity index (χ0n) is 10.8. The molecule has 0 spiro atoms. The maximum absolute atomic E-state index is 11.3. The summed E-state index contributed by atoms with van der Waals surface area (Å²) in [6.45, 7) is 1.40. The van der Waals surface area contributed by atoms with Crippen LogP contribution in [0.4, 0.5) is 0 Å². The fourth-order valence-electron chi connectivity index (χ4n) is 2.12. The number of imide groups is 1. The number of hydrogen-bond donors (Lipinski definition) is 2. The van der Waals surface area contributed by atoms with Gasteiger partial charge in [0.25, 0.3) is 0 Å². The number of nitrogens with one attached hydrogen (secondary N) is 1. The van der Waals surface area contributed by atoms with Gasteiger partial charge in [0.15, 0.2) is 0 Å². The van der Waals surface area contributed by atoms with Crippen LogP contribution in [-0.4, -0.2) is 36.9 Å². The van der Waals surface area contributed by atoms with Crippen molar-refractivity contribution in [2.24, 2.45) is 5.73 Å². The summed E-state index contributed by atoms with van der Waals surface area (Å²) in [5.74, 6) is 0.205. The Balaban J connectivity index is 2.10. The molecule has 2 amide bonds. The Morgan fingerprint density at radius 2 is 2.00 bits per heavy atom. The predicted molar refractivity (Wildman–Crippen MR) is 69.3 cm³/mol. The van der Waals surface area contributed by atoms with E-state index in [1.807, 2.05) is 18.2 Å². The zero-order valence-corrected chi connectivity index (χ0v) is 10.8. The summed E-state index contributed by atoms with van der Waals surface area (Å²) in [4.78, 5) is 24.4. The van der Waals surface area contributed by atoms with Crippen LogP contribution in [0, 0.1) is 0 Å². The molecule has 0 unspecified atom stereocenters. The van der Waals surface area contributed by atoms with E-state index in [0.717, 1.165) is 16.9 Å². The molecule has 1 aromatic carbocycles. The minimum Gasteiger partial charge on any atom is -0.496 e. The summed E-state index contributed by atoms with van der Waals surface area (Å²) in [5.41, 5.74) is 7.52. The average Bonchev–Trinajstić information content (AvgIpc) is 2.37. The molecule has 1 saturated heterocycles. The van der Waals surface area contributed by atoms with E-state index >= 15 is 0 Å². The zero-order chi connectivity index (χ0) is 13.8. The molecule has 0 bridgehead atoms. The van der Waals surface area contributed by atoms with Gasteiger partial charge in [0.05, 0.1) is 20.2 Å². The number of rotatable bonds is 4. The highest BCUT2D eigenvalue weighted by Gasteiger charge is 2.22. The Bertz CT molecular complexity index is 486. The summed E-state index contributed by atoms with van der Waals surface area (Å²) in [5, 5.41) is 2.28. The van der Waals surface area contributed by atoms with Crippen LogP contribution in [0.2, 0.25) is 0 Å². The minimum atomic E-state index is -0.262. The highest BCUT2D eigenvalue weighted by Crippen LogP contribution is 2.20. The van der Waals surface area contributed by atoms with E-state index in [2.05, 4.69) is 5.32 Å². The molecular weight excluding hydrogens is 246 g/mol. The largest absolute Gasteiger partial charge is 0.496 e. The third-order valence-electron chi connectivity index (χ3n) is 2.99. The van der Waals surface area contributed by atoms with Gasteiger partial charge in [-0.1, -0.05) is 12.1 Å². The van der Waals surface area contributed by atoms with Crippen molar-refractivity contribution < 1.29 is 14.3 Å². The monoisotopic (exact) mass is 263 g/mol. The van der Waals surface area contributed by atoms with E-state index in [4.69, 9.17) is 10.5 Å². The van der Waals surface area contributed by atoms with E-state index in [1.54, 1.807) is 12.0 Å². The Labute approximate surface area is 111 Å². The molecule has 19 heavy (non-hydrogen) atoms. The third-order valence-corrected chi connectivity index (χ3v) is 2.99. The molecule has 6 heteroatoms. The fourth-order valence-corrected chi connectivity index (χ4v) is 2.12. The summed E-state index contributed by atoms with van der Waals surface area (Å²) < 4.78 is 5.26. The lowest BCUT2D eigenvalue weighted by Gasteiger charge is -2.25. The predicted octanol–water partition coefficient (Wildman–Crippen LogP) is -0.388. The number of ether oxygens (including phenoxy) is 1. The van der Waals surface area contributed by atoms with Crippen molar-refractivity contribution in [2.75, 3.05) is 20.2 Å². The molecule has 102 valence electrons. The van der Waals surface area contributed by atoms with Gasteiger partial charge in [0, 0.05) is 18.7 Å². The van der Waals surface area contributed by atoms with Crippen molar-refractivity contribution in [3.8, 4) is 5.75 Å². The summed E-state index contributed by atoms with van der Waals surface area (Å²) in [6.07, 6.45) is 0. The lowest BCUT2D eigenvalue weighted by Crippen LogP contribution is -2.50. The number of benzene rings is 1. The highest BCUT2D eigenvalue weighted by atomic mass is 16.5. The van der Waals surface area contributed by atoms with Crippen LogP contribution in [0.15, 0.2) is 18.2 Å². The number of carbonyl (C=O) groups excluding carboxylic acids is 2. The van der Waals surface area contributed by atoms with E-state index in [9.17, 15) is 9.59 Å². The number of amides is 2. The van der Waals surface area contributed by atoms with Crippen molar-refractivity contribution >= 4 is 11.8 Å². The molecule has 0 aliphatic carbocycles. The molecular formula is C13H17N3O3. The van der Waals surface area contributed by atoms with Crippen molar-refractivity contribution in [3.05, 3.63) is 29.3 Å². The summed E-state index contributed by atoms with van der Waals surface area (Å²) >= 11 is 0. The number of carbonyl (C=O) groups is 2. The molecule has 1 aromatic rings. The topological polar surface area (TPSA) is 84.7 Å². The van der Waals surface area contributed by atoms with Gasteiger partial charge in [0.1, 0.15) is 5.75 Å². The van der Waals surface area contributed by atoms with E-state index in [-0.39, 0.29) is 24.9 Å². The van der Waals surface area contributed by atoms with Gasteiger partial charge < -0.3 is 10.5 Å². The smallest absolute Gasteiger partial charge is 0.240 e. The first-order valence-corrected chi connectivity index (χ1v) is 6.03. The quantitative estimate of drug-likeness (QED) is 0.723. The van der Waals surface area contributed by atoms with Gasteiger partial charge >= 0.3 is 0 Å². The number of nitrogens with zero attached hydrogens (tertiary/aromatic N) is 1. The Morgan fingerprint density at radius 3 is 2.58 bits per heavy atom. The average molecular weight is 263 g/mol. The van der Waals surface area contributed by atoms with Crippen LogP contribution in [0.25, 0.3) is 0 Å². The van der Waals surface area contributed by atoms with Crippen LogP contribution < -0.4 is 15.8 Å². The van der Waals surface area contributed by atoms with Crippen LogP contribution in [0.3, 0.4) is 0 Å². The molecule has 0 aromatic heterocycles. The lowest BCUT2D eigenvalue weighted by molar-refractivity contribution is -0.136. The van der Waals surface area contributed by atoms with Gasteiger partial charge in [-0.15, -0.1) is 0 Å². The van der Waals surface area contributed by atoms with Crippen molar-refractivity contribution in [3.63, 3.8) is 0 Å². The number of methoxy groups -OCH3 is 1. The molecule has 0 radical (unpaired) electrons. The number of nitrogens with two attached hydrogens (primary N) is 1. The van der Waals surface area contributed by atoms with E-state index in [1.165, 1.54) is 0 Å². The normalized spacial score (nSPS) is 16.3. The molecule has 1 fully saturated rings. The van der Waals surface area contributed by atoms with Gasteiger partial charge in [-0.2, -0.15) is 0 Å². The maximum Gasteiger partial charge on any atom is 0.240 e. The van der Waals surface area contributed by atoms with Gasteiger partial charge in [-0.05, 0) is 11.6 Å². The van der Waals surface area contributed by atoms with Crippen LogP contribution in [0.5, 0.6) is 5.75 Å². The Morgan fingerprint density at radius 1 is 1.32 bits per heavy atom. The first-order valence-electron chi connectivity index (χ1n) is 6.03. The maximum atomic E-state index is 11.3. The second-order valence-electron chi connectivity index (χ2n) is 4.47. The van der Waals surface area contributed by atoms with Gasteiger partial charge in [-0.25, -0.2) is 0 Å². The molecule has 0 saturated carbocycles. The van der Waals surface area contributed by atoms with E-state index in [0.29, 0.717) is 13.1 Å². The second-order valence-corrected chi connectivity index (χ2v) is 4.47. The molecule has 2 rings (SSSR count). The van der Waals surface area contributed by atoms with Crippen LogP contribution >= 0.6 is 0 Å². The van der Waals surface area contributed by atoms with E-state index < -0.39 is 0 Å². The van der Waals surface area contributed by atoms with Gasteiger partial charge in [0.2, 0.25) is 11.8 Å². The minimum absolute atomic E-state index is 0.229. The lowest BCUT2D eigenvalue weighted by atomic mass is 10.1. The first-order chi connectivity index (χ1) is 9.12. The molecule has 1 aliphatic heterocycles. The van der Waals surface area contributed by atoms with Gasteiger partial charge in [-0.3, -0.25) is 19.8 Å². The molecule has 3 N–H and O–H groups in total. The fraction of sp³-hybridized carbons (Fsp3) is 0.385. The molecule has 0 atom stereocenters. The number of hydrogen-bond acceptors (Lipinski definition) is 5. The molecule has 1 aliphatic rings. The Hall–Kier alpha value is -1.92. The highest BCUT2D eigenvalue weighted by molar-refractivity contribution is 5.99. The first kappa shape index (κ1) is 13.5. The number of piperazine rings is 1. The van der Waals surface area contributed by atoms with Crippen molar-refractivity contribution in [1.82, 2.24) is 10.2 Å².